The predicted octanol–water partition coefficient (Wildman–Crippen LogP) is 4.17. The summed E-state index contributed by atoms with van der Waals surface area (Å²) in [5.74, 6) is 6.55. The van der Waals surface area contributed by atoms with Gasteiger partial charge in [0.1, 0.15) is 0 Å². The molecule has 1 aliphatic rings. The summed E-state index contributed by atoms with van der Waals surface area (Å²) in [4.78, 5) is 0. The van der Waals surface area contributed by atoms with Gasteiger partial charge in [0.15, 0.2) is 0 Å². The largest absolute Gasteiger partial charge is 0.271 e. The molecule has 1 aromatic heterocycles. The number of hydrogen-bond donors (Lipinski definition) is 2. The maximum absolute atomic E-state index is 5.83. The molecule has 1 saturated carbocycles. The van der Waals surface area contributed by atoms with Crippen LogP contribution in [0.25, 0.3) is 0 Å². The Labute approximate surface area is 131 Å². The Hall–Kier alpha value is -0.430. The van der Waals surface area contributed by atoms with Crippen molar-refractivity contribution in [3.05, 3.63) is 55.3 Å². The summed E-state index contributed by atoms with van der Waals surface area (Å²) in [5.41, 5.74) is 7.07. The molecule has 2 nitrogen and oxygen atoms in total. The maximum Gasteiger partial charge on any atom is 0.0721 e. The number of hydrogen-bond acceptors (Lipinski definition) is 3. The zero-order valence-corrected chi connectivity index (χ0v) is 13.6. The third-order valence-electron chi connectivity index (χ3n) is 3.94. The second-order valence-corrected chi connectivity index (χ2v) is 7.85. The molecule has 0 bridgehead atoms. The first kappa shape index (κ1) is 13.5. The number of benzene rings is 1. The van der Waals surface area contributed by atoms with Crippen LogP contribution in [0, 0.1) is 2.88 Å². The summed E-state index contributed by atoms with van der Waals surface area (Å²) in [6.07, 6.45) is 3.99. The van der Waals surface area contributed by atoms with E-state index < -0.39 is 0 Å². The van der Waals surface area contributed by atoms with E-state index >= 15 is 0 Å². The zero-order valence-electron chi connectivity index (χ0n) is 10.6. The third-order valence-corrected chi connectivity index (χ3v) is 5.75. The first-order chi connectivity index (χ1) is 9.29. The van der Waals surface area contributed by atoms with Crippen LogP contribution >= 0.6 is 33.9 Å². The van der Waals surface area contributed by atoms with Gasteiger partial charge in [-0.1, -0.05) is 30.7 Å². The van der Waals surface area contributed by atoms with E-state index in [2.05, 4.69) is 63.7 Å². The van der Waals surface area contributed by atoms with Crippen molar-refractivity contribution in [2.45, 2.75) is 31.2 Å². The Balaban J connectivity index is 1.99. The van der Waals surface area contributed by atoms with Crippen molar-refractivity contribution in [2.75, 3.05) is 0 Å². The molecule has 0 spiro atoms. The topological polar surface area (TPSA) is 38.0 Å². The second-order valence-electron chi connectivity index (χ2n) is 5.04. The van der Waals surface area contributed by atoms with E-state index in [1.165, 1.54) is 38.8 Å². The first-order valence-electron chi connectivity index (χ1n) is 6.58. The summed E-state index contributed by atoms with van der Waals surface area (Å²) in [6, 6.07) is 11.1. The number of hydrazine groups is 1. The van der Waals surface area contributed by atoms with Crippen LogP contribution in [0.3, 0.4) is 0 Å². The summed E-state index contributed by atoms with van der Waals surface area (Å²) in [6.45, 7) is 0. The third kappa shape index (κ3) is 2.72. The molecule has 1 unspecified atom stereocenters. The van der Waals surface area contributed by atoms with Crippen LogP contribution in [0.2, 0.25) is 0 Å². The standard InChI is InChI=1S/C15H17IN2S/c16-14-8-11(9-19-14)15(18-17)13-7-2-1-6-12(13)10-4-3-5-10/h1-2,6-10,15,18H,3-5,17H2. The van der Waals surface area contributed by atoms with E-state index in [0.29, 0.717) is 0 Å². The normalized spacial score (nSPS) is 17.2. The molecule has 0 radical (unpaired) electrons. The fraction of sp³-hybridized carbons (Fsp3) is 0.333. The molecule has 100 valence electrons. The van der Waals surface area contributed by atoms with Gasteiger partial charge < -0.3 is 0 Å². The van der Waals surface area contributed by atoms with Crippen LogP contribution in [0.1, 0.15) is 47.9 Å². The van der Waals surface area contributed by atoms with Gasteiger partial charge in [-0.3, -0.25) is 5.84 Å². The smallest absolute Gasteiger partial charge is 0.0721 e. The highest BCUT2D eigenvalue weighted by Crippen LogP contribution is 2.40. The van der Waals surface area contributed by atoms with Gasteiger partial charge in [0.05, 0.1) is 8.93 Å². The molecule has 1 heterocycles. The number of rotatable bonds is 4. The van der Waals surface area contributed by atoms with E-state index in [1.807, 2.05) is 0 Å². The Morgan fingerprint density at radius 3 is 2.68 bits per heavy atom. The summed E-state index contributed by atoms with van der Waals surface area (Å²) in [5, 5.41) is 2.20. The highest BCUT2D eigenvalue weighted by Gasteiger charge is 2.25. The molecule has 1 atom stereocenters. The number of nitrogens with two attached hydrogens (primary N) is 1. The predicted molar refractivity (Wildman–Crippen MR) is 89.2 cm³/mol. The zero-order chi connectivity index (χ0) is 13.2. The van der Waals surface area contributed by atoms with Gasteiger partial charge in [0, 0.05) is 0 Å². The van der Waals surface area contributed by atoms with Crippen molar-refractivity contribution in [3.8, 4) is 0 Å². The summed E-state index contributed by atoms with van der Waals surface area (Å²) < 4.78 is 1.30. The molecule has 2 aromatic rings. The second kappa shape index (κ2) is 5.91. The van der Waals surface area contributed by atoms with Crippen LogP contribution in [-0.2, 0) is 0 Å². The lowest BCUT2D eigenvalue weighted by molar-refractivity contribution is 0.414. The van der Waals surface area contributed by atoms with Crippen LogP contribution in [0.5, 0.6) is 0 Å². The molecule has 4 heteroatoms. The van der Waals surface area contributed by atoms with E-state index in [0.717, 1.165) is 5.92 Å². The minimum Gasteiger partial charge on any atom is -0.271 e. The van der Waals surface area contributed by atoms with Crippen LogP contribution < -0.4 is 11.3 Å². The van der Waals surface area contributed by atoms with Gasteiger partial charge in [-0.25, -0.2) is 5.43 Å². The van der Waals surface area contributed by atoms with Crippen molar-refractivity contribution >= 4 is 33.9 Å². The van der Waals surface area contributed by atoms with Crippen molar-refractivity contribution in [2.24, 2.45) is 5.84 Å². The fourth-order valence-corrected chi connectivity index (χ4v) is 4.10. The molecule has 1 aromatic carbocycles. The minimum absolute atomic E-state index is 0.108. The number of thiophene rings is 1. The monoisotopic (exact) mass is 384 g/mol. The lowest BCUT2D eigenvalue weighted by atomic mass is 9.77. The molecule has 0 saturated heterocycles. The van der Waals surface area contributed by atoms with E-state index in [1.54, 1.807) is 11.3 Å². The Kier molecular flexibility index (Phi) is 4.21. The van der Waals surface area contributed by atoms with Crippen molar-refractivity contribution in [1.29, 1.82) is 0 Å². The Morgan fingerprint density at radius 1 is 1.32 bits per heavy atom. The van der Waals surface area contributed by atoms with Crippen molar-refractivity contribution in [3.63, 3.8) is 0 Å². The summed E-state index contributed by atoms with van der Waals surface area (Å²) in [7, 11) is 0. The molecular formula is C15H17IN2S. The fourth-order valence-electron chi connectivity index (χ4n) is 2.71. The average Bonchev–Trinajstić information content (AvgIpc) is 2.77. The molecular weight excluding hydrogens is 367 g/mol. The van der Waals surface area contributed by atoms with Gasteiger partial charge in [0.2, 0.25) is 0 Å². The number of nitrogens with one attached hydrogen (secondary N) is 1. The molecule has 1 aliphatic carbocycles. The maximum atomic E-state index is 5.83. The molecule has 0 aliphatic heterocycles. The molecule has 19 heavy (non-hydrogen) atoms. The Morgan fingerprint density at radius 2 is 2.11 bits per heavy atom. The molecule has 3 N–H and O–H groups in total. The minimum atomic E-state index is 0.108. The average molecular weight is 384 g/mol. The van der Waals surface area contributed by atoms with Gasteiger partial charge >= 0.3 is 0 Å². The SMILES string of the molecule is NNC(c1csc(I)c1)c1ccccc1C1CCC1. The highest BCUT2D eigenvalue weighted by atomic mass is 127. The lowest BCUT2D eigenvalue weighted by Crippen LogP contribution is -2.30. The Bertz CT molecular complexity index is 563. The van der Waals surface area contributed by atoms with Crippen molar-refractivity contribution in [1.82, 2.24) is 5.43 Å². The number of halogens is 1. The van der Waals surface area contributed by atoms with E-state index in [4.69, 9.17) is 5.84 Å². The van der Waals surface area contributed by atoms with E-state index in [-0.39, 0.29) is 6.04 Å². The van der Waals surface area contributed by atoms with Crippen LogP contribution in [0.4, 0.5) is 0 Å². The molecule has 1 fully saturated rings. The van der Waals surface area contributed by atoms with Crippen LogP contribution in [0.15, 0.2) is 35.7 Å². The van der Waals surface area contributed by atoms with Gasteiger partial charge in [-0.05, 0) is 69.5 Å². The van der Waals surface area contributed by atoms with Gasteiger partial charge in [-0.15, -0.1) is 11.3 Å². The van der Waals surface area contributed by atoms with Crippen LogP contribution in [-0.4, -0.2) is 0 Å². The quantitative estimate of drug-likeness (QED) is 0.472. The van der Waals surface area contributed by atoms with Gasteiger partial charge in [-0.2, -0.15) is 0 Å². The van der Waals surface area contributed by atoms with Gasteiger partial charge in [0.25, 0.3) is 0 Å². The lowest BCUT2D eigenvalue weighted by Gasteiger charge is -2.30. The summed E-state index contributed by atoms with van der Waals surface area (Å²) >= 11 is 4.13. The first-order valence-corrected chi connectivity index (χ1v) is 8.54. The molecule has 3 rings (SSSR count). The van der Waals surface area contributed by atoms with Crippen molar-refractivity contribution < 1.29 is 0 Å². The molecule has 0 amide bonds. The van der Waals surface area contributed by atoms with E-state index in [9.17, 15) is 0 Å². The highest BCUT2D eigenvalue weighted by molar-refractivity contribution is 14.1.